The molecule has 0 atom stereocenters. The maximum atomic E-state index is 11.9. The number of para-hydroxylation sites is 1. The van der Waals surface area contributed by atoms with E-state index in [1.54, 1.807) is 30.3 Å². The van der Waals surface area contributed by atoms with Crippen molar-refractivity contribution in [1.29, 1.82) is 0 Å². The van der Waals surface area contributed by atoms with Crippen molar-refractivity contribution in [2.24, 2.45) is 0 Å². The first-order valence-electron chi connectivity index (χ1n) is 6.28. The van der Waals surface area contributed by atoms with Crippen LogP contribution in [0, 0.1) is 6.92 Å². The Labute approximate surface area is 123 Å². The molecule has 5 nitrogen and oxygen atoms in total. The van der Waals surface area contributed by atoms with Crippen molar-refractivity contribution < 1.29 is 17.9 Å². The van der Waals surface area contributed by atoms with Crippen molar-refractivity contribution in [3.63, 3.8) is 0 Å². The van der Waals surface area contributed by atoms with Crippen LogP contribution >= 0.6 is 0 Å². The van der Waals surface area contributed by atoms with Gasteiger partial charge in [0.05, 0.1) is 4.90 Å². The largest absolute Gasteiger partial charge is 0.483 e. The number of carbonyl (C=O) groups is 1. The Balaban J connectivity index is 1.98. The summed E-state index contributed by atoms with van der Waals surface area (Å²) < 4.78 is 31.1. The lowest BCUT2D eigenvalue weighted by Crippen LogP contribution is -2.34. The highest BCUT2D eigenvalue weighted by Gasteiger charge is 2.17. The molecule has 6 heteroatoms. The number of carbonyl (C=O) groups excluding carboxylic acids is 1. The summed E-state index contributed by atoms with van der Waals surface area (Å²) >= 11 is 0. The number of rotatable bonds is 5. The molecule has 0 unspecified atom stereocenters. The molecular formula is C15H15NO4S. The topological polar surface area (TPSA) is 72.5 Å². The first-order valence-corrected chi connectivity index (χ1v) is 7.76. The molecule has 0 aromatic heterocycles. The molecule has 0 fully saturated rings. The minimum atomic E-state index is -3.85. The third-order valence-electron chi connectivity index (χ3n) is 2.75. The van der Waals surface area contributed by atoms with Gasteiger partial charge >= 0.3 is 0 Å². The maximum absolute atomic E-state index is 11.9. The zero-order valence-corrected chi connectivity index (χ0v) is 12.3. The van der Waals surface area contributed by atoms with Crippen molar-refractivity contribution in [3.05, 3.63) is 60.2 Å². The number of benzene rings is 2. The van der Waals surface area contributed by atoms with Crippen LogP contribution in [0.15, 0.2) is 59.5 Å². The van der Waals surface area contributed by atoms with E-state index < -0.39 is 15.9 Å². The number of sulfonamides is 1. The molecule has 0 bridgehead atoms. The first-order chi connectivity index (χ1) is 9.99. The predicted octanol–water partition coefficient (Wildman–Crippen LogP) is 1.88. The lowest BCUT2D eigenvalue weighted by Gasteiger charge is -2.09. The summed E-state index contributed by atoms with van der Waals surface area (Å²) in [6.45, 7) is 1.48. The van der Waals surface area contributed by atoms with E-state index in [1.165, 1.54) is 12.1 Å². The van der Waals surface area contributed by atoms with Crippen LogP contribution in [-0.2, 0) is 14.8 Å². The van der Waals surface area contributed by atoms with Crippen LogP contribution in [-0.4, -0.2) is 20.9 Å². The Hall–Kier alpha value is -2.34. The van der Waals surface area contributed by atoms with Crippen molar-refractivity contribution in [2.45, 2.75) is 11.8 Å². The predicted molar refractivity (Wildman–Crippen MR) is 78.4 cm³/mol. The molecule has 0 aliphatic carbocycles. The fourth-order valence-electron chi connectivity index (χ4n) is 1.70. The van der Waals surface area contributed by atoms with Crippen LogP contribution < -0.4 is 9.46 Å². The quantitative estimate of drug-likeness (QED) is 0.915. The standard InChI is InChI=1S/C15H15NO4S/c1-12-7-5-6-10-14(12)20-11-15(17)16-21(18,19)13-8-3-2-4-9-13/h2-10H,11H2,1H3,(H,16,17). The lowest BCUT2D eigenvalue weighted by molar-refractivity contribution is -0.121. The summed E-state index contributed by atoms with van der Waals surface area (Å²) in [6, 6.07) is 14.9. The highest BCUT2D eigenvalue weighted by molar-refractivity contribution is 7.90. The van der Waals surface area contributed by atoms with Crippen molar-refractivity contribution in [1.82, 2.24) is 4.72 Å². The van der Waals surface area contributed by atoms with Gasteiger partial charge in [-0.05, 0) is 30.7 Å². The molecule has 21 heavy (non-hydrogen) atoms. The van der Waals surface area contributed by atoms with E-state index in [9.17, 15) is 13.2 Å². The minimum Gasteiger partial charge on any atom is -0.483 e. The molecular weight excluding hydrogens is 290 g/mol. The monoisotopic (exact) mass is 305 g/mol. The average Bonchev–Trinajstić information content (AvgIpc) is 2.47. The Kier molecular flexibility index (Phi) is 4.59. The molecule has 0 saturated carbocycles. The van der Waals surface area contributed by atoms with E-state index in [2.05, 4.69) is 0 Å². The van der Waals surface area contributed by atoms with Crippen LogP contribution in [0.3, 0.4) is 0 Å². The molecule has 0 spiro atoms. The Morgan fingerprint density at radius 1 is 1.05 bits per heavy atom. The van der Waals surface area contributed by atoms with Gasteiger partial charge in [0, 0.05) is 0 Å². The lowest BCUT2D eigenvalue weighted by atomic mass is 10.2. The number of hydrogen-bond acceptors (Lipinski definition) is 4. The van der Waals surface area contributed by atoms with Gasteiger partial charge in [-0.15, -0.1) is 0 Å². The summed E-state index contributed by atoms with van der Waals surface area (Å²) in [7, 11) is -3.85. The van der Waals surface area contributed by atoms with E-state index in [0.29, 0.717) is 5.75 Å². The van der Waals surface area contributed by atoms with Gasteiger partial charge in [0.1, 0.15) is 5.75 Å². The maximum Gasteiger partial charge on any atom is 0.271 e. The molecule has 1 amide bonds. The minimum absolute atomic E-state index is 0.0363. The fraction of sp³-hybridized carbons (Fsp3) is 0.133. The zero-order valence-electron chi connectivity index (χ0n) is 11.4. The van der Waals surface area contributed by atoms with Gasteiger partial charge in [-0.1, -0.05) is 36.4 Å². The van der Waals surface area contributed by atoms with E-state index in [0.717, 1.165) is 5.56 Å². The molecule has 2 rings (SSSR count). The number of ether oxygens (including phenoxy) is 1. The van der Waals surface area contributed by atoms with E-state index in [-0.39, 0.29) is 11.5 Å². The Morgan fingerprint density at radius 2 is 1.67 bits per heavy atom. The average molecular weight is 305 g/mol. The fourth-order valence-corrected chi connectivity index (χ4v) is 2.69. The second kappa shape index (κ2) is 6.41. The summed E-state index contributed by atoms with van der Waals surface area (Å²) in [5.74, 6) is -0.174. The van der Waals surface area contributed by atoms with Crippen LogP contribution in [0.25, 0.3) is 0 Å². The van der Waals surface area contributed by atoms with Gasteiger partial charge in [-0.2, -0.15) is 0 Å². The molecule has 2 aromatic carbocycles. The highest BCUT2D eigenvalue weighted by Crippen LogP contribution is 2.15. The normalized spacial score (nSPS) is 10.9. The number of nitrogens with one attached hydrogen (secondary N) is 1. The van der Waals surface area contributed by atoms with Crippen LogP contribution in [0.5, 0.6) is 5.75 Å². The third kappa shape index (κ3) is 4.06. The zero-order chi connectivity index (χ0) is 15.3. The Bertz CT molecular complexity index is 726. The van der Waals surface area contributed by atoms with Gasteiger partial charge < -0.3 is 4.74 Å². The summed E-state index contributed by atoms with van der Waals surface area (Å²) in [5.41, 5.74) is 0.871. The van der Waals surface area contributed by atoms with Gasteiger partial charge in [0.25, 0.3) is 15.9 Å². The molecule has 0 aliphatic heterocycles. The second-order valence-electron chi connectivity index (χ2n) is 4.40. The molecule has 0 saturated heterocycles. The smallest absolute Gasteiger partial charge is 0.271 e. The van der Waals surface area contributed by atoms with E-state index >= 15 is 0 Å². The van der Waals surface area contributed by atoms with Gasteiger partial charge in [0.15, 0.2) is 6.61 Å². The van der Waals surface area contributed by atoms with Gasteiger partial charge in [0.2, 0.25) is 0 Å². The van der Waals surface area contributed by atoms with Crippen molar-refractivity contribution in [2.75, 3.05) is 6.61 Å². The number of aryl methyl sites for hydroxylation is 1. The SMILES string of the molecule is Cc1ccccc1OCC(=O)NS(=O)(=O)c1ccccc1. The molecule has 0 aliphatic rings. The molecule has 2 aromatic rings. The summed E-state index contributed by atoms with van der Waals surface area (Å²) in [6.07, 6.45) is 0. The number of hydrogen-bond donors (Lipinski definition) is 1. The van der Waals surface area contributed by atoms with Gasteiger partial charge in [-0.25, -0.2) is 13.1 Å². The van der Waals surface area contributed by atoms with E-state index in [1.807, 2.05) is 23.8 Å². The summed E-state index contributed by atoms with van der Waals surface area (Å²) in [4.78, 5) is 11.7. The van der Waals surface area contributed by atoms with Crippen molar-refractivity contribution in [3.8, 4) is 5.75 Å². The second-order valence-corrected chi connectivity index (χ2v) is 6.08. The van der Waals surface area contributed by atoms with Crippen LogP contribution in [0.1, 0.15) is 5.56 Å². The van der Waals surface area contributed by atoms with Crippen LogP contribution in [0.2, 0.25) is 0 Å². The molecule has 1 N–H and O–H groups in total. The number of amides is 1. The molecule has 0 radical (unpaired) electrons. The summed E-state index contributed by atoms with van der Waals surface area (Å²) in [5, 5.41) is 0. The first kappa shape index (κ1) is 15.1. The molecule has 0 heterocycles. The molecule has 110 valence electrons. The van der Waals surface area contributed by atoms with Crippen molar-refractivity contribution >= 4 is 15.9 Å². The van der Waals surface area contributed by atoms with E-state index in [4.69, 9.17) is 4.74 Å². The highest BCUT2D eigenvalue weighted by atomic mass is 32.2. The van der Waals surface area contributed by atoms with Gasteiger partial charge in [-0.3, -0.25) is 4.79 Å². The third-order valence-corrected chi connectivity index (χ3v) is 4.14. The van der Waals surface area contributed by atoms with Crippen LogP contribution in [0.4, 0.5) is 0 Å². The Morgan fingerprint density at radius 3 is 2.33 bits per heavy atom.